The summed E-state index contributed by atoms with van der Waals surface area (Å²) in [5, 5.41) is 0.458. The summed E-state index contributed by atoms with van der Waals surface area (Å²) in [5.41, 5.74) is 3.63. The number of aryl methyl sites for hydroxylation is 2. The Labute approximate surface area is 190 Å². The Bertz CT molecular complexity index is 1320. The van der Waals surface area contributed by atoms with Crippen LogP contribution < -0.4 is 5.43 Å². The minimum Gasteiger partial charge on any atom is -0.465 e. The van der Waals surface area contributed by atoms with Crippen LogP contribution in [0.3, 0.4) is 0 Å². The molecule has 3 heterocycles. The number of rotatable bonds is 4. The Balaban J connectivity index is 1.68. The van der Waals surface area contributed by atoms with Crippen molar-refractivity contribution in [3.05, 3.63) is 80.2 Å². The Morgan fingerprint density at radius 1 is 1.12 bits per heavy atom. The zero-order chi connectivity index (χ0) is 23.3. The van der Waals surface area contributed by atoms with Gasteiger partial charge in [-0.05, 0) is 67.6 Å². The predicted octanol–water partition coefficient (Wildman–Crippen LogP) is 3.92. The summed E-state index contributed by atoms with van der Waals surface area (Å²) in [6.45, 7) is 4.91. The molecule has 7 nitrogen and oxygen atoms in total. The highest BCUT2D eigenvalue weighted by Gasteiger charge is 2.44. The van der Waals surface area contributed by atoms with Gasteiger partial charge in [-0.2, -0.15) is 0 Å². The Hall–Kier alpha value is -3.45. The summed E-state index contributed by atoms with van der Waals surface area (Å²) in [7, 11) is 1.32. The van der Waals surface area contributed by atoms with Crippen molar-refractivity contribution < 1.29 is 23.5 Å². The summed E-state index contributed by atoms with van der Waals surface area (Å²) in [6.07, 6.45) is 1.71. The number of benzene rings is 2. The molecule has 0 unspecified atom stereocenters. The first-order valence-electron chi connectivity index (χ1n) is 11.1. The van der Waals surface area contributed by atoms with Gasteiger partial charge in [0, 0.05) is 13.2 Å². The van der Waals surface area contributed by atoms with Crippen molar-refractivity contribution in [2.24, 2.45) is 0 Å². The number of carbonyl (C=O) groups is 2. The van der Waals surface area contributed by atoms with Crippen LogP contribution in [-0.4, -0.2) is 43.1 Å². The van der Waals surface area contributed by atoms with Crippen molar-refractivity contribution in [2.45, 2.75) is 38.8 Å². The molecule has 2 aromatic carbocycles. The highest BCUT2D eigenvalue weighted by atomic mass is 16.5. The molecule has 0 saturated carbocycles. The normalized spacial score (nSPS) is 19.8. The number of esters is 1. The average Bonchev–Trinajstić information content (AvgIpc) is 3.42. The molecule has 0 radical (unpaired) electrons. The van der Waals surface area contributed by atoms with Crippen LogP contribution in [0.1, 0.15) is 62.1 Å². The van der Waals surface area contributed by atoms with Crippen molar-refractivity contribution in [1.82, 2.24) is 4.90 Å². The third-order valence-electron chi connectivity index (χ3n) is 6.65. The van der Waals surface area contributed by atoms with Crippen molar-refractivity contribution in [3.8, 4) is 0 Å². The fraction of sp³-hybridized carbons (Fsp3) is 0.346. The monoisotopic (exact) mass is 447 g/mol. The van der Waals surface area contributed by atoms with E-state index in [9.17, 15) is 14.4 Å². The lowest BCUT2D eigenvalue weighted by molar-refractivity contribution is 0.0486. The largest absolute Gasteiger partial charge is 0.465 e. The van der Waals surface area contributed by atoms with Crippen LogP contribution in [0, 0.1) is 13.8 Å². The van der Waals surface area contributed by atoms with Gasteiger partial charge in [-0.25, -0.2) is 4.79 Å². The molecule has 2 aliphatic rings. The number of hydrogen-bond acceptors (Lipinski definition) is 6. The fourth-order valence-corrected chi connectivity index (χ4v) is 4.74. The smallest absolute Gasteiger partial charge is 0.337 e. The second kappa shape index (κ2) is 8.15. The zero-order valence-corrected chi connectivity index (χ0v) is 18.8. The number of fused-ring (bicyclic) bond motifs is 2. The lowest BCUT2D eigenvalue weighted by Crippen LogP contribution is -2.36. The quantitative estimate of drug-likeness (QED) is 0.564. The van der Waals surface area contributed by atoms with E-state index >= 15 is 0 Å². The lowest BCUT2D eigenvalue weighted by atomic mass is 9.96. The van der Waals surface area contributed by atoms with E-state index in [1.807, 2.05) is 26.0 Å². The molecule has 1 fully saturated rings. The van der Waals surface area contributed by atoms with Gasteiger partial charge < -0.3 is 18.8 Å². The summed E-state index contributed by atoms with van der Waals surface area (Å²) in [4.78, 5) is 40.7. The molecule has 7 heteroatoms. The van der Waals surface area contributed by atoms with Crippen LogP contribution in [0.2, 0.25) is 0 Å². The summed E-state index contributed by atoms with van der Waals surface area (Å²) >= 11 is 0. The molecule has 0 aliphatic carbocycles. The SMILES string of the molecule is COC(=O)c1ccc([C@@H]2c3c(oc4cc(C)c(C)cc4c3=O)C(=O)N2C[C@@H]2CCCO2)cc1. The molecule has 170 valence electrons. The number of nitrogens with zero attached hydrogens (tertiary/aromatic N) is 1. The van der Waals surface area contributed by atoms with Crippen LogP contribution in [0.5, 0.6) is 0 Å². The standard InChI is InChI=1S/C26H25NO6/c1-14-11-19-20(12-15(14)2)33-24-21(23(19)28)22(16-6-8-17(9-7-16)26(30)31-3)27(25(24)29)13-18-5-4-10-32-18/h6-9,11-12,18,22H,4-5,10,13H2,1-3H3/t18-,22+/m0/s1. The maximum absolute atomic E-state index is 13.7. The van der Waals surface area contributed by atoms with E-state index in [1.165, 1.54) is 7.11 Å². The minimum atomic E-state index is -0.620. The van der Waals surface area contributed by atoms with Gasteiger partial charge in [0.25, 0.3) is 5.91 Å². The highest BCUT2D eigenvalue weighted by Crippen LogP contribution is 2.39. The number of amides is 1. The Morgan fingerprint density at radius 2 is 1.85 bits per heavy atom. The van der Waals surface area contributed by atoms with Crippen LogP contribution >= 0.6 is 0 Å². The predicted molar refractivity (Wildman–Crippen MR) is 122 cm³/mol. The van der Waals surface area contributed by atoms with E-state index in [2.05, 4.69) is 0 Å². The number of hydrogen-bond donors (Lipinski definition) is 0. The molecule has 0 N–H and O–H groups in total. The van der Waals surface area contributed by atoms with Gasteiger partial charge in [-0.3, -0.25) is 9.59 Å². The first-order chi connectivity index (χ1) is 15.9. The lowest BCUT2D eigenvalue weighted by Gasteiger charge is -2.27. The average molecular weight is 447 g/mol. The zero-order valence-electron chi connectivity index (χ0n) is 18.8. The fourth-order valence-electron chi connectivity index (χ4n) is 4.74. The van der Waals surface area contributed by atoms with E-state index in [0.29, 0.717) is 35.2 Å². The van der Waals surface area contributed by atoms with Gasteiger partial charge >= 0.3 is 5.97 Å². The maximum Gasteiger partial charge on any atom is 0.337 e. The molecule has 1 saturated heterocycles. The van der Waals surface area contributed by atoms with Gasteiger partial charge in [-0.1, -0.05) is 12.1 Å². The van der Waals surface area contributed by atoms with Crippen molar-refractivity contribution in [2.75, 3.05) is 20.3 Å². The molecule has 5 rings (SSSR count). The van der Waals surface area contributed by atoms with E-state index in [-0.39, 0.29) is 23.2 Å². The second-order valence-corrected chi connectivity index (χ2v) is 8.72. The second-order valence-electron chi connectivity index (χ2n) is 8.72. The van der Waals surface area contributed by atoms with E-state index in [4.69, 9.17) is 13.9 Å². The van der Waals surface area contributed by atoms with Crippen molar-refractivity contribution in [3.63, 3.8) is 0 Å². The number of carbonyl (C=O) groups excluding carboxylic acids is 2. The summed E-state index contributed by atoms with van der Waals surface area (Å²) in [6, 6.07) is 9.81. The highest BCUT2D eigenvalue weighted by molar-refractivity contribution is 5.99. The van der Waals surface area contributed by atoms with Crippen LogP contribution in [0.15, 0.2) is 45.6 Å². The molecule has 0 bridgehead atoms. The van der Waals surface area contributed by atoms with Crippen LogP contribution in [0.4, 0.5) is 0 Å². The molecule has 2 aliphatic heterocycles. The summed E-state index contributed by atoms with van der Waals surface area (Å²) < 4.78 is 16.6. The summed E-state index contributed by atoms with van der Waals surface area (Å²) in [5.74, 6) is -0.687. The van der Waals surface area contributed by atoms with Gasteiger partial charge in [0.05, 0.1) is 35.8 Å². The molecule has 0 spiro atoms. The molecule has 1 aromatic heterocycles. The van der Waals surface area contributed by atoms with Crippen LogP contribution in [0.25, 0.3) is 11.0 Å². The van der Waals surface area contributed by atoms with E-state index < -0.39 is 12.0 Å². The maximum atomic E-state index is 13.7. The molecular formula is C26H25NO6. The van der Waals surface area contributed by atoms with Gasteiger partial charge in [0.15, 0.2) is 5.43 Å². The number of methoxy groups -OCH3 is 1. The number of ether oxygens (including phenoxy) is 2. The van der Waals surface area contributed by atoms with Gasteiger partial charge in [-0.15, -0.1) is 0 Å². The molecule has 1 amide bonds. The van der Waals surface area contributed by atoms with Crippen molar-refractivity contribution in [1.29, 1.82) is 0 Å². The first-order valence-corrected chi connectivity index (χ1v) is 11.1. The van der Waals surface area contributed by atoms with Crippen LogP contribution in [-0.2, 0) is 9.47 Å². The molecular weight excluding hydrogens is 422 g/mol. The molecule has 2 atom stereocenters. The first kappa shape index (κ1) is 21.4. The minimum absolute atomic E-state index is 0.0794. The Morgan fingerprint density at radius 3 is 2.52 bits per heavy atom. The third-order valence-corrected chi connectivity index (χ3v) is 6.65. The van der Waals surface area contributed by atoms with E-state index in [1.54, 1.807) is 29.2 Å². The molecule has 3 aromatic rings. The van der Waals surface area contributed by atoms with Crippen molar-refractivity contribution >= 4 is 22.8 Å². The Kier molecular flexibility index (Phi) is 5.29. The third kappa shape index (κ3) is 3.53. The van der Waals surface area contributed by atoms with Gasteiger partial charge in [0.2, 0.25) is 5.76 Å². The topological polar surface area (TPSA) is 86.0 Å². The van der Waals surface area contributed by atoms with E-state index in [0.717, 1.165) is 29.5 Å². The molecule has 33 heavy (non-hydrogen) atoms. The van der Waals surface area contributed by atoms with Gasteiger partial charge in [0.1, 0.15) is 5.58 Å².